The van der Waals surface area contributed by atoms with Crippen molar-refractivity contribution in [2.75, 3.05) is 0 Å². The Labute approximate surface area is 101 Å². The normalized spacial score (nSPS) is 11.9. The molecule has 4 heteroatoms. The first kappa shape index (κ1) is 13.2. The van der Waals surface area contributed by atoms with Gasteiger partial charge >= 0.3 is 5.97 Å². The molecule has 1 aromatic rings. The second-order valence-electron chi connectivity index (χ2n) is 4.04. The van der Waals surface area contributed by atoms with Gasteiger partial charge in [-0.3, -0.25) is 9.59 Å². The summed E-state index contributed by atoms with van der Waals surface area (Å²) in [6, 6.07) is 7.70. The number of carbonyl (C=O) groups is 2. The van der Waals surface area contributed by atoms with Crippen molar-refractivity contribution in [2.24, 2.45) is 0 Å². The second-order valence-corrected chi connectivity index (χ2v) is 4.04. The first-order valence-corrected chi connectivity index (χ1v) is 5.57. The molecule has 0 aliphatic carbocycles. The summed E-state index contributed by atoms with van der Waals surface area (Å²) in [6.07, 6.45) is -0.113. The van der Waals surface area contributed by atoms with Gasteiger partial charge in [0.25, 0.3) is 0 Å². The van der Waals surface area contributed by atoms with Crippen LogP contribution in [-0.4, -0.2) is 17.0 Å². The van der Waals surface area contributed by atoms with Crippen LogP contribution >= 0.6 is 0 Å². The Kier molecular flexibility index (Phi) is 4.69. The van der Waals surface area contributed by atoms with E-state index in [0.29, 0.717) is 0 Å². The number of hydrogen-bond acceptors (Lipinski definition) is 2. The van der Waals surface area contributed by atoms with Crippen LogP contribution < -0.4 is 5.32 Å². The van der Waals surface area contributed by atoms with Crippen LogP contribution in [0, 0.1) is 6.92 Å². The number of benzene rings is 1. The van der Waals surface area contributed by atoms with E-state index in [1.807, 2.05) is 38.1 Å². The highest BCUT2D eigenvalue weighted by molar-refractivity contribution is 5.80. The first-order valence-electron chi connectivity index (χ1n) is 5.57. The molecule has 0 radical (unpaired) electrons. The molecule has 0 saturated heterocycles. The van der Waals surface area contributed by atoms with Crippen LogP contribution in [0.15, 0.2) is 24.3 Å². The van der Waals surface area contributed by atoms with Crippen LogP contribution in [0.4, 0.5) is 0 Å². The summed E-state index contributed by atoms with van der Waals surface area (Å²) < 4.78 is 0. The summed E-state index contributed by atoms with van der Waals surface area (Å²) in [5.41, 5.74) is 2.16. The topological polar surface area (TPSA) is 66.4 Å². The van der Waals surface area contributed by atoms with Gasteiger partial charge in [-0.25, -0.2) is 0 Å². The number of rotatable bonds is 5. The molecule has 1 aromatic carbocycles. The molecule has 0 aromatic heterocycles. The number of hydrogen-bond donors (Lipinski definition) is 2. The molecular formula is C13H17NO3. The van der Waals surface area contributed by atoms with Crippen LogP contribution in [0.3, 0.4) is 0 Å². The number of carboxylic acids is 1. The Morgan fingerprint density at radius 2 is 1.94 bits per heavy atom. The van der Waals surface area contributed by atoms with E-state index in [1.54, 1.807) is 0 Å². The molecule has 0 saturated carbocycles. The molecule has 0 fully saturated rings. The highest BCUT2D eigenvalue weighted by Crippen LogP contribution is 2.16. The van der Waals surface area contributed by atoms with Crippen molar-refractivity contribution in [3.05, 3.63) is 35.4 Å². The van der Waals surface area contributed by atoms with Gasteiger partial charge in [-0.15, -0.1) is 0 Å². The molecule has 17 heavy (non-hydrogen) atoms. The van der Waals surface area contributed by atoms with Gasteiger partial charge in [-0.2, -0.15) is 0 Å². The minimum Gasteiger partial charge on any atom is -0.481 e. The lowest BCUT2D eigenvalue weighted by molar-refractivity contribution is -0.138. The number of carboxylic acid groups (broad SMARTS) is 1. The minimum atomic E-state index is -0.955. The van der Waals surface area contributed by atoms with Crippen molar-refractivity contribution >= 4 is 11.9 Å². The molecule has 4 nitrogen and oxygen atoms in total. The maximum atomic E-state index is 11.5. The van der Waals surface area contributed by atoms with E-state index in [-0.39, 0.29) is 24.8 Å². The molecule has 0 aliphatic heterocycles. The Balaban J connectivity index is 2.55. The van der Waals surface area contributed by atoms with Gasteiger partial charge in [0, 0.05) is 6.42 Å². The molecule has 0 bridgehead atoms. The highest BCUT2D eigenvalue weighted by Gasteiger charge is 2.11. The van der Waals surface area contributed by atoms with E-state index in [9.17, 15) is 9.59 Å². The third kappa shape index (κ3) is 4.26. The van der Waals surface area contributed by atoms with Gasteiger partial charge in [0.2, 0.25) is 5.91 Å². The van der Waals surface area contributed by atoms with Gasteiger partial charge in [0.1, 0.15) is 0 Å². The van der Waals surface area contributed by atoms with Crippen molar-refractivity contribution in [1.82, 2.24) is 5.32 Å². The third-order valence-electron chi connectivity index (χ3n) is 2.60. The summed E-state index contributed by atoms with van der Waals surface area (Å²) in [5.74, 6) is -1.19. The fraction of sp³-hybridized carbons (Fsp3) is 0.385. The summed E-state index contributed by atoms with van der Waals surface area (Å²) in [5, 5.41) is 11.3. The largest absolute Gasteiger partial charge is 0.481 e. The fourth-order valence-electron chi connectivity index (χ4n) is 1.68. The molecule has 1 amide bonds. The molecule has 1 rings (SSSR count). The Bertz CT molecular complexity index is 415. The average molecular weight is 235 g/mol. The van der Waals surface area contributed by atoms with Gasteiger partial charge in [-0.05, 0) is 25.0 Å². The van der Waals surface area contributed by atoms with Gasteiger partial charge in [0.05, 0.1) is 12.5 Å². The molecule has 2 N–H and O–H groups in total. The maximum absolute atomic E-state index is 11.5. The lowest BCUT2D eigenvalue weighted by atomic mass is 10.0. The molecule has 0 aliphatic rings. The number of carbonyl (C=O) groups excluding carboxylic acids is 1. The second kappa shape index (κ2) is 6.03. The number of nitrogens with one attached hydrogen (secondary N) is 1. The van der Waals surface area contributed by atoms with E-state index >= 15 is 0 Å². The fourth-order valence-corrected chi connectivity index (χ4v) is 1.68. The van der Waals surface area contributed by atoms with Crippen molar-refractivity contribution in [3.8, 4) is 0 Å². The van der Waals surface area contributed by atoms with Crippen molar-refractivity contribution in [1.29, 1.82) is 0 Å². The zero-order valence-electron chi connectivity index (χ0n) is 10.1. The molecular weight excluding hydrogens is 218 g/mol. The van der Waals surface area contributed by atoms with Crippen molar-refractivity contribution < 1.29 is 14.7 Å². The van der Waals surface area contributed by atoms with Crippen LogP contribution in [0.2, 0.25) is 0 Å². The Morgan fingerprint density at radius 3 is 2.53 bits per heavy atom. The van der Waals surface area contributed by atoms with Gasteiger partial charge < -0.3 is 10.4 Å². The number of amides is 1. The predicted octanol–water partition coefficient (Wildman–Crippen LogP) is 2.04. The summed E-state index contributed by atoms with van der Waals surface area (Å²) in [6.45, 7) is 3.87. The monoisotopic (exact) mass is 235 g/mol. The molecule has 1 unspecified atom stereocenters. The van der Waals surface area contributed by atoms with Crippen LogP contribution in [0.5, 0.6) is 0 Å². The lowest BCUT2D eigenvalue weighted by Gasteiger charge is -2.16. The lowest BCUT2D eigenvalue weighted by Crippen LogP contribution is -2.27. The van der Waals surface area contributed by atoms with Crippen molar-refractivity contribution in [2.45, 2.75) is 32.7 Å². The van der Waals surface area contributed by atoms with Gasteiger partial charge in [-0.1, -0.05) is 24.3 Å². The molecule has 0 spiro atoms. The zero-order valence-corrected chi connectivity index (χ0v) is 10.1. The number of aliphatic carboxylic acids is 1. The standard InChI is InChI=1S/C13H17NO3/c1-9-5-3-4-6-11(9)10(2)14-12(15)7-8-13(16)17/h3-6,10H,7-8H2,1-2H3,(H,14,15)(H,16,17). The Hall–Kier alpha value is -1.84. The van der Waals surface area contributed by atoms with E-state index in [1.165, 1.54) is 0 Å². The quantitative estimate of drug-likeness (QED) is 0.820. The van der Waals surface area contributed by atoms with E-state index in [0.717, 1.165) is 11.1 Å². The van der Waals surface area contributed by atoms with Gasteiger partial charge in [0.15, 0.2) is 0 Å². The maximum Gasteiger partial charge on any atom is 0.303 e. The van der Waals surface area contributed by atoms with E-state index in [2.05, 4.69) is 5.32 Å². The number of aryl methyl sites for hydroxylation is 1. The SMILES string of the molecule is Cc1ccccc1C(C)NC(=O)CCC(=O)O. The summed E-state index contributed by atoms with van der Waals surface area (Å²) in [4.78, 5) is 21.8. The van der Waals surface area contributed by atoms with Crippen molar-refractivity contribution in [3.63, 3.8) is 0 Å². The van der Waals surface area contributed by atoms with Crippen LogP contribution in [-0.2, 0) is 9.59 Å². The Morgan fingerprint density at radius 1 is 1.29 bits per heavy atom. The van der Waals surface area contributed by atoms with Crippen LogP contribution in [0.25, 0.3) is 0 Å². The zero-order chi connectivity index (χ0) is 12.8. The van der Waals surface area contributed by atoms with Crippen LogP contribution in [0.1, 0.15) is 36.9 Å². The van der Waals surface area contributed by atoms with E-state index < -0.39 is 5.97 Å². The highest BCUT2D eigenvalue weighted by atomic mass is 16.4. The molecule has 0 heterocycles. The molecule has 92 valence electrons. The van der Waals surface area contributed by atoms with E-state index in [4.69, 9.17) is 5.11 Å². The first-order chi connectivity index (χ1) is 8.00. The third-order valence-corrected chi connectivity index (χ3v) is 2.60. The average Bonchev–Trinajstić information content (AvgIpc) is 2.26. The predicted molar refractivity (Wildman–Crippen MR) is 64.6 cm³/mol. The summed E-state index contributed by atoms with van der Waals surface area (Å²) >= 11 is 0. The smallest absolute Gasteiger partial charge is 0.303 e. The molecule has 1 atom stereocenters. The minimum absolute atomic E-state index is 0.0194. The summed E-state index contributed by atoms with van der Waals surface area (Å²) in [7, 11) is 0.